The Bertz CT molecular complexity index is 960. The van der Waals surface area contributed by atoms with Crippen molar-refractivity contribution in [1.82, 2.24) is 19.9 Å². The second-order valence-electron chi connectivity index (χ2n) is 6.47. The van der Waals surface area contributed by atoms with Gasteiger partial charge in [-0.25, -0.2) is 23.7 Å². The van der Waals surface area contributed by atoms with Crippen LogP contribution in [0.15, 0.2) is 42.7 Å². The van der Waals surface area contributed by atoms with Crippen LogP contribution in [-0.4, -0.2) is 46.1 Å². The number of aryl methyl sites for hydroxylation is 1. The Hall–Kier alpha value is -3.36. The number of anilines is 4. The van der Waals surface area contributed by atoms with E-state index in [2.05, 4.69) is 35.1 Å². The summed E-state index contributed by atoms with van der Waals surface area (Å²) in [4.78, 5) is 21.8. The fraction of sp³-hybridized carbons (Fsp3) is 0.263. The molecule has 0 saturated carbocycles. The zero-order chi connectivity index (χ0) is 19.5. The number of benzene rings is 1. The zero-order valence-electron chi connectivity index (χ0n) is 15.3. The van der Waals surface area contributed by atoms with Gasteiger partial charge in [0.15, 0.2) is 0 Å². The number of rotatable bonds is 4. The zero-order valence-corrected chi connectivity index (χ0v) is 15.3. The number of hydrogen-bond donors (Lipinski definition) is 1. The average molecular weight is 383 g/mol. The van der Waals surface area contributed by atoms with E-state index in [1.807, 2.05) is 6.92 Å². The number of aromatic nitrogens is 4. The highest BCUT2D eigenvalue weighted by atomic mass is 19.1. The van der Waals surface area contributed by atoms with Crippen molar-refractivity contribution in [2.45, 2.75) is 6.92 Å². The molecule has 0 bridgehead atoms. The van der Waals surface area contributed by atoms with E-state index in [-0.39, 0.29) is 5.69 Å². The van der Waals surface area contributed by atoms with E-state index in [1.54, 1.807) is 24.5 Å². The molecule has 3 heterocycles. The molecule has 0 aliphatic carbocycles. The number of piperazine rings is 1. The van der Waals surface area contributed by atoms with Crippen molar-refractivity contribution in [3.05, 3.63) is 60.1 Å². The predicted molar refractivity (Wildman–Crippen MR) is 103 cm³/mol. The molecule has 1 N–H and O–H groups in total. The van der Waals surface area contributed by atoms with Gasteiger partial charge in [-0.1, -0.05) is 0 Å². The maximum Gasteiger partial charge on any atom is 0.227 e. The Morgan fingerprint density at radius 1 is 0.893 bits per heavy atom. The standard InChI is InChI=1S/C19H19F2N7/c1-13-11-17(25-16-4-3-14(20)12-15(16)21)26-19(24-13)28-9-7-27(8-10-28)18-22-5-2-6-23-18/h2-6,11-12H,7-10H2,1H3,(H,24,25,26). The van der Waals surface area contributed by atoms with E-state index in [4.69, 9.17) is 0 Å². The molecule has 28 heavy (non-hydrogen) atoms. The summed E-state index contributed by atoms with van der Waals surface area (Å²) in [6, 6.07) is 6.90. The molecule has 1 aromatic carbocycles. The first-order valence-corrected chi connectivity index (χ1v) is 8.93. The van der Waals surface area contributed by atoms with Crippen molar-refractivity contribution < 1.29 is 8.78 Å². The minimum atomic E-state index is -0.672. The van der Waals surface area contributed by atoms with Gasteiger partial charge in [-0.3, -0.25) is 0 Å². The Kier molecular flexibility index (Phi) is 4.96. The molecule has 2 aromatic heterocycles. The molecule has 0 radical (unpaired) electrons. The van der Waals surface area contributed by atoms with Gasteiger partial charge >= 0.3 is 0 Å². The molecule has 1 saturated heterocycles. The first-order chi connectivity index (χ1) is 13.6. The van der Waals surface area contributed by atoms with Gasteiger partial charge in [-0.2, -0.15) is 4.98 Å². The number of nitrogens with one attached hydrogen (secondary N) is 1. The van der Waals surface area contributed by atoms with Gasteiger partial charge in [0.1, 0.15) is 17.5 Å². The third-order valence-corrected chi connectivity index (χ3v) is 4.43. The Balaban J connectivity index is 1.48. The van der Waals surface area contributed by atoms with Crippen LogP contribution in [0, 0.1) is 18.6 Å². The van der Waals surface area contributed by atoms with Gasteiger partial charge in [0, 0.05) is 56.4 Å². The number of nitrogens with zero attached hydrogens (tertiary/aromatic N) is 6. The van der Waals surface area contributed by atoms with Crippen molar-refractivity contribution in [2.75, 3.05) is 41.3 Å². The molecular formula is C19H19F2N7. The van der Waals surface area contributed by atoms with Gasteiger partial charge < -0.3 is 15.1 Å². The van der Waals surface area contributed by atoms with Crippen LogP contribution < -0.4 is 15.1 Å². The van der Waals surface area contributed by atoms with Gasteiger partial charge in [-0.15, -0.1) is 0 Å². The summed E-state index contributed by atoms with van der Waals surface area (Å²) in [7, 11) is 0. The Labute approximate surface area is 161 Å². The molecule has 0 spiro atoms. The lowest BCUT2D eigenvalue weighted by atomic mass is 10.3. The molecule has 3 aromatic rings. The van der Waals surface area contributed by atoms with E-state index >= 15 is 0 Å². The molecule has 1 aliphatic rings. The first-order valence-electron chi connectivity index (χ1n) is 8.93. The van der Waals surface area contributed by atoms with Crippen LogP contribution in [-0.2, 0) is 0 Å². The molecule has 1 fully saturated rings. The van der Waals surface area contributed by atoms with Crippen molar-refractivity contribution in [1.29, 1.82) is 0 Å². The lowest BCUT2D eigenvalue weighted by Gasteiger charge is -2.34. The van der Waals surface area contributed by atoms with Crippen LogP contribution in [0.5, 0.6) is 0 Å². The minimum absolute atomic E-state index is 0.163. The van der Waals surface area contributed by atoms with Crippen molar-refractivity contribution >= 4 is 23.4 Å². The second kappa shape index (κ2) is 7.71. The highest BCUT2D eigenvalue weighted by Gasteiger charge is 2.21. The average Bonchev–Trinajstić information content (AvgIpc) is 2.70. The normalized spacial score (nSPS) is 14.2. The van der Waals surface area contributed by atoms with Crippen molar-refractivity contribution in [2.24, 2.45) is 0 Å². The summed E-state index contributed by atoms with van der Waals surface area (Å²) in [5.74, 6) is 0.444. The van der Waals surface area contributed by atoms with E-state index in [1.165, 1.54) is 12.1 Å². The summed E-state index contributed by atoms with van der Waals surface area (Å²) in [6.45, 7) is 4.77. The van der Waals surface area contributed by atoms with Crippen LogP contribution in [0.1, 0.15) is 5.69 Å². The molecule has 0 atom stereocenters. The van der Waals surface area contributed by atoms with E-state index < -0.39 is 11.6 Å². The fourth-order valence-electron chi connectivity index (χ4n) is 3.05. The molecule has 7 nitrogen and oxygen atoms in total. The Morgan fingerprint density at radius 2 is 1.57 bits per heavy atom. The topological polar surface area (TPSA) is 70.1 Å². The summed E-state index contributed by atoms with van der Waals surface area (Å²) < 4.78 is 27.0. The van der Waals surface area contributed by atoms with E-state index in [0.29, 0.717) is 30.8 Å². The molecule has 0 unspecified atom stereocenters. The molecule has 9 heteroatoms. The smallest absolute Gasteiger partial charge is 0.227 e. The summed E-state index contributed by atoms with van der Waals surface area (Å²) >= 11 is 0. The predicted octanol–water partition coefficient (Wildman–Crippen LogP) is 2.92. The van der Waals surface area contributed by atoms with Crippen LogP contribution >= 0.6 is 0 Å². The monoisotopic (exact) mass is 383 g/mol. The van der Waals surface area contributed by atoms with Gasteiger partial charge in [-0.05, 0) is 25.1 Å². The highest BCUT2D eigenvalue weighted by molar-refractivity contribution is 5.58. The summed E-state index contributed by atoms with van der Waals surface area (Å²) in [5, 5.41) is 2.90. The maximum absolute atomic E-state index is 13.9. The van der Waals surface area contributed by atoms with Gasteiger partial charge in [0.25, 0.3) is 0 Å². The third kappa shape index (κ3) is 3.98. The first kappa shape index (κ1) is 18.0. The van der Waals surface area contributed by atoms with Crippen LogP contribution in [0.25, 0.3) is 0 Å². The summed E-state index contributed by atoms with van der Waals surface area (Å²) in [5.41, 5.74) is 0.917. The number of halogens is 2. The van der Waals surface area contributed by atoms with Crippen LogP contribution in [0.2, 0.25) is 0 Å². The van der Waals surface area contributed by atoms with Gasteiger partial charge in [0.2, 0.25) is 11.9 Å². The van der Waals surface area contributed by atoms with Crippen molar-refractivity contribution in [3.8, 4) is 0 Å². The molecule has 0 amide bonds. The second-order valence-corrected chi connectivity index (χ2v) is 6.47. The minimum Gasteiger partial charge on any atom is -0.338 e. The lowest BCUT2D eigenvalue weighted by Crippen LogP contribution is -2.47. The Morgan fingerprint density at radius 3 is 2.25 bits per heavy atom. The molecular weight excluding hydrogens is 364 g/mol. The van der Waals surface area contributed by atoms with Crippen LogP contribution in [0.4, 0.5) is 32.2 Å². The van der Waals surface area contributed by atoms with Gasteiger partial charge in [0.05, 0.1) is 5.69 Å². The molecule has 4 rings (SSSR count). The van der Waals surface area contributed by atoms with E-state index in [9.17, 15) is 8.78 Å². The highest BCUT2D eigenvalue weighted by Crippen LogP contribution is 2.22. The lowest BCUT2D eigenvalue weighted by molar-refractivity contribution is 0.586. The maximum atomic E-state index is 13.9. The quantitative estimate of drug-likeness (QED) is 0.743. The molecule has 1 aliphatic heterocycles. The fourth-order valence-corrected chi connectivity index (χ4v) is 3.05. The SMILES string of the molecule is Cc1cc(Nc2ccc(F)cc2F)nc(N2CCN(c3ncccn3)CC2)n1. The van der Waals surface area contributed by atoms with Crippen molar-refractivity contribution in [3.63, 3.8) is 0 Å². The van der Waals surface area contributed by atoms with Crippen LogP contribution in [0.3, 0.4) is 0 Å². The number of hydrogen-bond acceptors (Lipinski definition) is 7. The molecule has 144 valence electrons. The third-order valence-electron chi connectivity index (χ3n) is 4.43. The summed E-state index contributed by atoms with van der Waals surface area (Å²) in [6.07, 6.45) is 3.45. The largest absolute Gasteiger partial charge is 0.338 e. The van der Waals surface area contributed by atoms with E-state index in [0.717, 1.165) is 24.8 Å².